The maximum absolute atomic E-state index is 13.1. The molecule has 0 bridgehead atoms. The van der Waals surface area contributed by atoms with E-state index in [-0.39, 0.29) is 24.9 Å². The number of fused-ring (bicyclic) bond motifs is 1. The molecule has 1 fully saturated rings. The molecule has 1 aromatic heterocycles. The first kappa shape index (κ1) is 22.8. The summed E-state index contributed by atoms with van der Waals surface area (Å²) in [7, 11) is 0. The van der Waals surface area contributed by atoms with Crippen LogP contribution in [0.2, 0.25) is 0 Å². The molecule has 2 heterocycles. The summed E-state index contributed by atoms with van der Waals surface area (Å²) in [6.45, 7) is 7.64. The molecular formula is C24H30BrN3O4+2. The Morgan fingerprint density at radius 2 is 1.81 bits per heavy atom. The van der Waals surface area contributed by atoms with Crippen LogP contribution in [-0.2, 0) is 11.3 Å². The van der Waals surface area contributed by atoms with Gasteiger partial charge in [0.1, 0.15) is 45.0 Å². The van der Waals surface area contributed by atoms with Crippen LogP contribution in [0, 0.1) is 0 Å². The lowest BCUT2D eigenvalue weighted by Crippen LogP contribution is -3.27. The second kappa shape index (κ2) is 10.0. The zero-order chi connectivity index (χ0) is 22.7. The van der Waals surface area contributed by atoms with E-state index < -0.39 is 0 Å². The number of aromatic nitrogens is 1. The Morgan fingerprint density at radius 1 is 1.12 bits per heavy atom. The van der Waals surface area contributed by atoms with E-state index in [1.165, 1.54) is 9.80 Å². The predicted molar refractivity (Wildman–Crippen MR) is 126 cm³/mol. The first-order valence-electron chi connectivity index (χ1n) is 11.1. The smallest absolute Gasteiger partial charge is 0.340 e. The minimum Gasteiger partial charge on any atom is -0.507 e. The number of hydrogen-bond donors (Lipinski definition) is 4. The Balaban J connectivity index is 1.85. The summed E-state index contributed by atoms with van der Waals surface area (Å²) < 4.78 is 8.14. The molecule has 7 nitrogen and oxygen atoms in total. The highest BCUT2D eigenvalue weighted by Crippen LogP contribution is 2.36. The van der Waals surface area contributed by atoms with Crippen LogP contribution < -0.4 is 9.80 Å². The predicted octanol–water partition coefficient (Wildman–Crippen LogP) is 0.551. The topological polar surface area (TPSA) is 80.6 Å². The van der Waals surface area contributed by atoms with Crippen molar-refractivity contribution in [2.75, 3.05) is 45.9 Å². The number of piperazine rings is 1. The molecule has 0 spiro atoms. The zero-order valence-corrected chi connectivity index (χ0v) is 19.8. The number of phenolic OH excluding ortho intramolecular Hbond substituents is 1. The number of esters is 1. The van der Waals surface area contributed by atoms with Gasteiger partial charge >= 0.3 is 5.97 Å². The quantitative estimate of drug-likeness (QED) is 0.355. The lowest BCUT2D eigenvalue weighted by Gasteiger charge is -2.29. The Bertz CT molecular complexity index is 1090. The molecule has 0 radical (unpaired) electrons. The number of carbonyl (C=O) groups excluding carboxylic acids is 1. The van der Waals surface area contributed by atoms with Gasteiger partial charge in [0.15, 0.2) is 0 Å². The Hall–Kier alpha value is -2.39. The van der Waals surface area contributed by atoms with Crippen molar-refractivity contribution in [2.45, 2.75) is 13.5 Å². The second-order valence-electron chi connectivity index (χ2n) is 8.18. The molecule has 4 rings (SSSR count). The molecule has 0 aliphatic carbocycles. The molecule has 2 aromatic carbocycles. The number of aliphatic hydroxyl groups is 1. The number of aromatic hydroxyl groups is 1. The van der Waals surface area contributed by atoms with Gasteiger partial charge in [0, 0.05) is 11.1 Å². The van der Waals surface area contributed by atoms with Crippen LogP contribution in [0.5, 0.6) is 5.75 Å². The molecule has 1 aliphatic rings. The van der Waals surface area contributed by atoms with Crippen LogP contribution >= 0.6 is 15.9 Å². The lowest BCUT2D eigenvalue weighted by atomic mass is 10.1. The molecule has 0 unspecified atom stereocenters. The summed E-state index contributed by atoms with van der Waals surface area (Å²) in [4.78, 5) is 15.9. The number of ether oxygens (including phenoxy) is 1. The van der Waals surface area contributed by atoms with Gasteiger partial charge in [0.2, 0.25) is 0 Å². The van der Waals surface area contributed by atoms with Crippen molar-refractivity contribution < 1.29 is 29.5 Å². The van der Waals surface area contributed by atoms with E-state index >= 15 is 0 Å². The number of hydrogen-bond acceptors (Lipinski definition) is 4. The second-order valence-corrected chi connectivity index (χ2v) is 9.04. The van der Waals surface area contributed by atoms with E-state index in [1.54, 1.807) is 13.0 Å². The monoisotopic (exact) mass is 503 g/mol. The number of nitrogens with zero attached hydrogens (tertiary/aromatic N) is 1. The Kier molecular flexibility index (Phi) is 7.15. The highest BCUT2D eigenvalue weighted by atomic mass is 79.9. The number of nitrogens with one attached hydrogen (secondary N) is 2. The maximum atomic E-state index is 13.1. The summed E-state index contributed by atoms with van der Waals surface area (Å²) in [5.74, 6) is -0.277. The van der Waals surface area contributed by atoms with Gasteiger partial charge in [-0.05, 0) is 47.1 Å². The summed E-state index contributed by atoms with van der Waals surface area (Å²) in [5.41, 5.74) is 3.22. The standard InChI is InChI=1S/C24H28BrN3O4/c1-2-32-24(31)23-18-14-22(30)19(25)15-20(18)28(17-6-4-3-5-7-17)21(23)16-27-10-8-26(9-11-27)12-13-29/h3-7,14-15,29-30H,2,8-13,16H2,1H3/p+2. The van der Waals surface area contributed by atoms with Crippen molar-refractivity contribution in [1.29, 1.82) is 0 Å². The molecular weight excluding hydrogens is 474 g/mol. The molecule has 0 atom stereocenters. The van der Waals surface area contributed by atoms with E-state index in [1.807, 2.05) is 36.4 Å². The summed E-state index contributed by atoms with van der Waals surface area (Å²) >= 11 is 3.44. The van der Waals surface area contributed by atoms with E-state index in [2.05, 4.69) is 20.5 Å². The summed E-state index contributed by atoms with van der Waals surface area (Å²) in [6.07, 6.45) is 0. The molecule has 0 amide bonds. The SMILES string of the molecule is CCOC(=O)c1c(C[NH+]2CC[NH+](CCO)CC2)n(-c2ccccc2)c2cc(Br)c(O)cc12. The number of halogens is 1. The van der Waals surface area contributed by atoms with E-state index in [0.29, 0.717) is 22.0 Å². The van der Waals surface area contributed by atoms with Gasteiger partial charge in [0.25, 0.3) is 0 Å². The maximum Gasteiger partial charge on any atom is 0.340 e. The zero-order valence-electron chi connectivity index (χ0n) is 18.2. The minimum atomic E-state index is -0.368. The number of quaternary nitrogens is 2. The molecule has 32 heavy (non-hydrogen) atoms. The molecule has 1 aliphatic heterocycles. The van der Waals surface area contributed by atoms with Crippen LogP contribution in [0.15, 0.2) is 46.9 Å². The van der Waals surface area contributed by atoms with Crippen molar-refractivity contribution in [3.8, 4) is 11.4 Å². The van der Waals surface area contributed by atoms with Crippen LogP contribution in [0.3, 0.4) is 0 Å². The fraction of sp³-hybridized carbons (Fsp3) is 0.375. The molecule has 1 saturated heterocycles. The van der Waals surface area contributed by atoms with Crippen molar-refractivity contribution in [3.05, 3.63) is 58.2 Å². The highest BCUT2D eigenvalue weighted by Gasteiger charge is 2.30. The Labute approximate surface area is 195 Å². The molecule has 0 saturated carbocycles. The first-order chi connectivity index (χ1) is 15.5. The van der Waals surface area contributed by atoms with Gasteiger partial charge < -0.3 is 29.3 Å². The molecule has 8 heteroatoms. The fourth-order valence-corrected chi connectivity index (χ4v) is 4.93. The van der Waals surface area contributed by atoms with Gasteiger partial charge in [0.05, 0.1) is 34.5 Å². The normalized spacial score (nSPS) is 18.7. The summed E-state index contributed by atoms with van der Waals surface area (Å²) in [6, 6.07) is 13.5. The highest BCUT2D eigenvalue weighted by molar-refractivity contribution is 9.10. The number of phenols is 1. The third kappa shape index (κ3) is 4.54. The number of rotatable bonds is 7. The van der Waals surface area contributed by atoms with Crippen LogP contribution in [0.1, 0.15) is 23.0 Å². The Morgan fingerprint density at radius 3 is 2.47 bits per heavy atom. The van der Waals surface area contributed by atoms with Gasteiger partial charge in [-0.15, -0.1) is 0 Å². The van der Waals surface area contributed by atoms with E-state index in [4.69, 9.17) is 4.74 Å². The largest absolute Gasteiger partial charge is 0.507 e. The van der Waals surface area contributed by atoms with Crippen LogP contribution in [0.25, 0.3) is 16.6 Å². The third-order valence-corrected chi connectivity index (χ3v) is 6.81. The van der Waals surface area contributed by atoms with E-state index in [0.717, 1.165) is 49.6 Å². The third-order valence-electron chi connectivity index (χ3n) is 6.17. The van der Waals surface area contributed by atoms with Gasteiger partial charge in [-0.3, -0.25) is 0 Å². The number of aliphatic hydroxyl groups excluding tert-OH is 1. The number of benzene rings is 2. The lowest BCUT2D eigenvalue weighted by molar-refractivity contribution is -1.02. The van der Waals surface area contributed by atoms with Gasteiger partial charge in [-0.2, -0.15) is 0 Å². The van der Waals surface area contributed by atoms with Crippen molar-refractivity contribution in [1.82, 2.24) is 4.57 Å². The van der Waals surface area contributed by atoms with Gasteiger partial charge in [-0.25, -0.2) is 4.79 Å². The number of carbonyl (C=O) groups is 1. The fourth-order valence-electron chi connectivity index (χ4n) is 4.60. The molecule has 3 aromatic rings. The molecule has 4 N–H and O–H groups in total. The van der Waals surface area contributed by atoms with Crippen molar-refractivity contribution >= 4 is 32.8 Å². The average molecular weight is 504 g/mol. The van der Waals surface area contributed by atoms with Crippen LogP contribution in [0.4, 0.5) is 0 Å². The number of para-hydroxylation sites is 1. The minimum absolute atomic E-state index is 0.0911. The van der Waals surface area contributed by atoms with Crippen molar-refractivity contribution in [3.63, 3.8) is 0 Å². The van der Waals surface area contributed by atoms with Gasteiger partial charge in [-0.1, -0.05) is 18.2 Å². The summed E-state index contributed by atoms with van der Waals surface area (Å²) in [5, 5.41) is 20.3. The van der Waals surface area contributed by atoms with Crippen LogP contribution in [-0.4, -0.2) is 66.7 Å². The van der Waals surface area contributed by atoms with Crippen molar-refractivity contribution in [2.24, 2.45) is 0 Å². The first-order valence-corrected chi connectivity index (χ1v) is 11.9. The average Bonchev–Trinajstić information content (AvgIpc) is 3.09. The van der Waals surface area contributed by atoms with E-state index in [9.17, 15) is 15.0 Å². The molecule has 170 valence electrons.